The third-order valence-corrected chi connectivity index (χ3v) is 7.18. The predicted octanol–water partition coefficient (Wildman–Crippen LogP) is 3.19. The Hall–Kier alpha value is -0.0400. The molecule has 4 aliphatic rings. The van der Waals surface area contributed by atoms with Gasteiger partial charge in [0, 0.05) is 6.04 Å². The molecule has 4 fully saturated rings. The zero-order valence-corrected chi connectivity index (χ0v) is 10.5. The van der Waals surface area contributed by atoms with Crippen molar-refractivity contribution in [3.8, 4) is 0 Å². The summed E-state index contributed by atoms with van der Waals surface area (Å²) in [4.78, 5) is 0. The van der Waals surface area contributed by atoms with Crippen LogP contribution >= 0.6 is 0 Å². The predicted molar refractivity (Wildman–Crippen MR) is 65.9 cm³/mol. The maximum absolute atomic E-state index is 6.47. The maximum atomic E-state index is 6.47. The highest BCUT2D eigenvalue weighted by atomic mass is 14.8. The summed E-state index contributed by atoms with van der Waals surface area (Å²) in [6.07, 6.45) is 10.5. The molecule has 1 heteroatoms. The molecule has 2 N–H and O–H groups in total. The van der Waals surface area contributed by atoms with E-state index in [0.29, 0.717) is 11.5 Å². The molecule has 0 aliphatic heterocycles. The molecule has 0 spiro atoms. The standard InChI is InChI=1S/C15H25N/c1-15(13-6-5-12(13)14(15)16)11-7-9-3-2-4-10(9)8-11/h9-14H,2-8,16H2,1H3/t9?,10?,11?,12?,13-,14+,15-/m0/s1. The second-order valence-corrected chi connectivity index (χ2v) is 7.36. The molecule has 1 nitrogen and oxygen atoms in total. The molecule has 4 saturated carbocycles. The first-order chi connectivity index (χ1) is 7.71. The first kappa shape index (κ1) is 9.94. The van der Waals surface area contributed by atoms with E-state index >= 15 is 0 Å². The lowest BCUT2D eigenvalue weighted by Gasteiger charge is -2.68. The fraction of sp³-hybridized carbons (Fsp3) is 1.00. The molecule has 16 heavy (non-hydrogen) atoms. The van der Waals surface area contributed by atoms with Crippen molar-refractivity contribution < 1.29 is 0 Å². The molecule has 0 bridgehead atoms. The molecular weight excluding hydrogens is 194 g/mol. The van der Waals surface area contributed by atoms with Crippen LogP contribution in [0.25, 0.3) is 0 Å². The van der Waals surface area contributed by atoms with E-state index < -0.39 is 0 Å². The van der Waals surface area contributed by atoms with Gasteiger partial charge in [0.2, 0.25) is 0 Å². The summed E-state index contributed by atoms with van der Waals surface area (Å²) in [7, 11) is 0. The largest absolute Gasteiger partial charge is 0.327 e. The van der Waals surface area contributed by atoms with Crippen LogP contribution in [0.15, 0.2) is 0 Å². The van der Waals surface area contributed by atoms with Crippen molar-refractivity contribution in [1.82, 2.24) is 0 Å². The topological polar surface area (TPSA) is 26.0 Å². The smallest absolute Gasteiger partial charge is 0.0130 e. The van der Waals surface area contributed by atoms with Crippen molar-refractivity contribution in [2.45, 2.75) is 57.9 Å². The van der Waals surface area contributed by atoms with Crippen LogP contribution in [-0.4, -0.2) is 6.04 Å². The van der Waals surface area contributed by atoms with Gasteiger partial charge >= 0.3 is 0 Å². The van der Waals surface area contributed by atoms with E-state index in [1.807, 2.05) is 0 Å². The van der Waals surface area contributed by atoms with Gasteiger partial charge in [-0.15, -0.1) is 0 Å². The average molecular weight is 219 g/mol. The Bertz CT molecular complexity index is 293. The molecule has 0 aromatic carbocycles. The first-order valence-corrected chi connectivity index (χ1v) is 7.47. The van der Waals surface area contributed by atoms with Crippen LogP contribution in [-0.2, 0) is 0 Å². The molecule has 4 rings (SSSR count). The van der Waals surface area contributed by atoms with E-state index in [0.717, 1.165) is 29.6 Å². The highest BCUT2D eigenvalue weighted by Crippen LogP contribution is 2.68. The highest BCUT2D eigenvalue weighted by Gasteiger charge is 2.65. The van der Waals surface area contributed by atoms with Gasteiger partial charge in [-0.1, -0.05) is 26.2 Å². The van der Waals surface area contributed by atoms with Crippen molar-refractivity contribution in [3.63, 3.8) is 0 Å². The van der Waals surface area contributed by atoms with Crippen molar-refractivity contribution >= 4 is 0 Å². The second-order valence-electron chi connectivity index (χ2n) is 7.36. The Kier molecular flexibility index (Phi) is 1.89. The van der Waals surface area contributed by atoms with Gasteiger partial charge in [-0.05, 0) is 60.7 Å². The minimum atomic E-state index is 0.549. The molecule has 0 aromatic rings. The second kappa shape index (κ2) is 3.04. The van der Waals surface area contributed by atoms with Gasteiger partial charge in [-0.25, -0.2) is 0 Å². The molecule has 4 aliphatic carbocycles. The van der Waals surface area contributed by atoms with Crippen LogP contribution in [0.4, 0.5) is 0 Å². The summed E-state index contributed by atoms with van der Waals surface area (Å²) in [6, 6.07) is 0.551. The molecule has 0 heterocycles. The zero-order valence-electron chi connectivity index (χ0n) is 10.5. The van der Waals surface area contributed by atoms with Gasteiger partial charge in [-0.3, -0.25) is 0 Å². The zero-order chi connectivity index (χ0) is 10.9. The summed E-state index contributed by atoms with van der Waals surface area (Å²) < 4.78 is 0. The summed E-state index contributed by atoms with van der Waals surface area (Å²) in [5.41, 5.74) is 7.02. The Morgan fingerprint density at radius 1 is 1.00 bits per heavy atom. The fourth-order valence-electron chi connectivity index (χ4n) is 5.96. The Labute approximate surface area is 99.2 Å². The number of rotatable bonds is 1. The molecule has 90 valence electrons. The fourth-order valence-corrected chi connectivity index (χ4v) is 5.96. The molecule has 0 saturated heterocycles. The van der Waals surface area contributed by atoms with Gasteiger partial charge in [0.25, 0.3) is 0 Å². The molecule has 0 radical (unpaired) electrons. The monoisotopic (exact) mass is 219 g/mol. The van der Waals surface area contributed by atoms with Crippen molar-refractivity contribution in [3.05, 3.63) is 0 Å². The third-order valence-electron chi connectivity index (χ3n) is 7.18. The Balaban J connectivity index is 1.54. The van der Waals surface area contributed by atoms with Crippen LogP contribution in [0.2, 0.25) is 0 Å². The van der Waals surface area contributed by atoms with E-state index in [1.165, 1.54) is 44.9 Å². The third kappa shape index (κ3) is 0.978. The lowest BCUT2D eigenvalue weighted by Crippen LogP contribution is -2.70. The molecule has 0 amide bonds. The van der Waals surface area contributed by atoms with E-state index in [1.54, 1.807) is 0 Å². The van der Waals surface area contributed by atoms with Gasteiger partial charge in [0.1, 0.15) is 0 Å². The van der Waals surface area contributed by atoms with Gasteiger partial charge in [0.05, 0.1) is 0 Å². The van der Waals surface area contributed by atoms with Gasteiger partial charge in [0.15, 0.2) is 0 Å². The molecular formula is C15H25N. The first-order valence-electron chi connectivity index (χ1n) is 7.47. The van der Waals surface area contributed by atoms with Crippen LogP contribution in [0.1, 0.15) is 51.9 Å². The highest BCUT2D eigenvalue weighted by molar-refractivity contribution is 5.16. The lowest BCUT2D eigenvalue weighted by molar-refractivity contribution is -0.162. The van der Waals surface area contributed by atoms with Crippen LogP contribution in [0, 0.1) is 35.0 Å². The Morgan fingerprint density at radius 2 is 1.69 bits per heavy atom. The van der Waals surface area contributed by atoms with Gasteiger partial charge in [-0.2, -0.15) is 0 Å². The molecule has 6 atom stereocenters. The quantitative estimate of drug-likeness (QED) is 0.720. The summed E-state index contributed by atoms with van der Waals surface area (Å²) in [5, 5.41) is 0. The van der Waals surface area contributed by atoms with Crippen LogP contribution in [0.5, 0.6) is 0 Å². The number of hydrogen-bond donors (Lipinski definition) is 1. The van der Waals surface area contributed by atoms with Crippen molar-refractivity contribution in [2.24, 2.45) is 40.7 Å². The number of hydrogen-bond acceptors (Lipinski definition) is 1. The molecule has 0 aromatic heterocycles. The average Bonchev–Trinajstić information content (AvgIpc) is 2.74. The minimum absolute atomic E-state index is 0.549. The van der Waals surface area contributed by atoms with Gasteiger partial charge < -0.3 is 5.73 Å². The summed E-state index contributed by atoms with van der Waals surface area (Å²) >= 11 is 0. The van der Waals surface area contributed by atoms with E-state index in [9.17, 15) is 0 Å². The van der Waals surface area contributed by atoms with Crippen molar-refractivity contribution in [1.29, 1.82) is 0 Å². The molecule has 3 unspecified atom stereocenters. The maximum Gasteiger partial charge on any atom is 0.0130 e. The normalized spacial score (nSPS) is 63.4. The lowest BCUT2D eigenvalue weighted by atomic mass is 9.39. The van der Waals surface area contributed by atoms with E-state index in [-0.39, 0.29) is 0 Å². The SMILES string of the molecule is C[C@@]1(C2CC3CCCC3C2)[C@H](N)C2CC[C@@H]21. The summed E-state index contributed by atoms with van der Waals surface area (Å²) in [6.45, 7) is 2.53. The van der Waals surface area contributed by atoms with Crippen molar-refractivity contribution in [2.75, 3.05) is 0 Å². The number of nitrogens with two attached hydrogens (primary N) is 1. The van der Waals surface area contributed by atoms with Crippen LogP contribution < -0.4 is 5.73 Å². The van der Waals surface area contributed by atoms with Crippen LogP contribution in [0.3, 0.4) is 0 Å². The Morgan fingerprint density at radius 3 is 2.19 bits per heavy atom. The van der Waals surface area contributed by atoms with E-state index in [2.05, 4.69) is 6.92 Å². The minimum Gasteiger partial charge on any atom is -0.327 e. The number of fused-ring (bicyclic) bond motifs is 2. The summed E-state index contributed by atoms with van der Waals surface area (Å²) in [5.74, 6) is 5.11. The van der Waals surface area contributed by atoms with E-state index in [4.69, 9.17) is 5.73 Å².